The van der Waals surface area contributed by atoms with Crippen LogP contribution < -0.4 is 0 Å². The average Bonchev–Trinajstić information content (AvgIpc) is 2.90. The molecule has 0 saturated heterocycles. The molecular formula is C18H18Cl2N2OS. The Kier molecular flexibility index (Phi) is 4.82. The quantitative estimate of drug-likeness (QED) is 0.503. The number of rotatable bonds is 5. The molecule has 2 atom stereocenters. The van der Waals surface area contributed by atoms with Crippen LogP contribution in [0, 0.1) is 17.3 Å². The zero-order valence-corrected chi connectivity index (χ0v) is 15.8. The number of carbonyl (C=O) groups is 1. The summed E-state index contributed by atoms with van der Waals surface area (Å²) in [7, 11) is 0. The minimum Gasteiger partial charge on any atom is -0.274 e. The van der Waals surface area contributed by atoms with Gasteiger partial charge in [-0.25, -0.2) is 4.98 Å². The number of thioether (sulfide) groups is 1. The lowest BCUT2D eigenvalue weighted by atomic mass is 10.1. The number of aromatic nitrogens is 2. The molecule has 0 spiro atoms. The first-order valence-electron chi connectivity index (χ1n) is 7.66. The Balaban J connectivity index is 2.03. The van der Waals surface area contributed by atoms with Crippen LogP contribution in [0.4, 0.5) is 0 Å². The van der Waals surface area contributed by atoms with Gasteiger partial charge in [-0.05, 0) is 29.5 Å². The Labute approximate surface area is 155 Å². The monoisotopic (exact) mass is 380 g/mol. The lowest BCUT2D eigenvalue weighted by molar-refractivity contribution is 0.0863. The second-order valence-electron chi connectivity index (χ2n) is 6.44. The fourth-order valence-electron chi connectivity index (χ4n) is 3.18. The summed E-state index contributed by atoms with van der Waals surface area (Å²) in [6, 6.07) is 7.68. The summed E-state index contributed by atoms with van der Waals surface area (Å²) in [6.07, 6.45) is 3.57. The lowest BCUT2D eigenvalue weighted by Gasteiger charge is -2.08. The van der Waals surface area contributed by atoms with Crippen LogP contribution in [-0.2, 0) is 0 Å². The molecule has 0 aliphatic heterocycles. The Hall–Kier alpha value is -1.23. The molecule has 0 unspecified atom stereocenters. The van der Waals surface area contributed by atoms with E-state index < -0.39 is 0 Å². The van der Waals surface area contributed by atoms with Crippen LogP contribution in [0.25, 0.3) is 11.0 Å². The maximum absolute atomic E-state index is 13.2. The molecule has 24 heavy (non-hydrogen) atoms. The van der Waals surface area contributed by atoms with Gasteiger partial charge in [0, 0.05) is 5.75 Å². The second kappa shape index (κ2) is 6.58. The van der Waals surface area contributed by atoms with Crippen molar-refractivity contribution in [3.63, 3.8) is 0 Å². The highest BCUT2D eigenvalue weighted by Crippen LogP contribution is 2.60. The van der Waals surface area contributed by atoms with Gasteiger partial charge in [0.15, 0.2) is 5.16 Å². The van der Waals surface area contributed by atoms with Gasteiger partial charge >= 0.3 is 0 Å². The van der Waals surface area contributed by atoms with Gasteiger partial charge in [0.1, 0.15) is 4.49 Å². The average molecular weight is 381 g/mol. The van der Waals surface area contributed by atoms with E-state index >= 15 is 0 Å². The number of hydrogen-bond acceptors (Lipinski definition) is 3. The summed E-state index contributed by atoms with van der Waals surface area (Å²) in [5.41, 5.74) is 1.48. The molecule has 1 fully saturated rings. The van der Waals surface area contributed by atoms with Gasteiger partial charge in [-0.1, -0.05) is 67.0 Å². The van der Waals surface area contributed by atoms with Crippen LogP contribution in [0.15, 0.2) is 52.6 Å². The molecule has 1 aromatic heterocycles. The Morgan fingerprint density at radius 3 is 2.79 bits per heavy atom. The number of carbonyl (C=O) groups excluding carboxylic acids is 1. The number of halogens is 2. The van der Waals surface area contributed by atoms with Crippen molar-refractivity contribution in [3.05, 3.63) is 47.5 Å². The van der Waals surface area contributed by atoms with Gasteiger partial charge in [0.2, 0.25) is 5.91 Å². The smallest absolute Gasteiger partial charge is 0.237 e. The van der Waals surface area contributed by atoms with Crippen LogP contribution in [-0.4, -0.2) is 21.2 Å². The maximum atomic E-state index is 13.2. The van der Waals surface area contributed by atoms with Crippen molar-refractivity contribution in [2.24, 2.45) is 17.3 Å². The van der Waals surface area contributed by atoms with E-state index in [0.717, 1.165) is 11.0 Å². The third-order valence-corrected chi connectivity index (χ3v) is 5.75. The molecule has 3 rings (SSSR count). The van der Waals surface area contributed by atoms with Crippen molar-refractivity contribution >= 4 is 51.9 Å². The van der Waals surface area contributed by atoms with Crippen LogP contribution in [0.3, 0.4) is 0 Å². The van der Waals surface area contributed by atoms with Gasteiger partial charge in [-0.15, -0.1) is 6.58 Å². The van der Waals surface area contributed by atoms with Crippen molar-refractivity contribution in [3.8, 4) is 0 Å². The summed E-state index contributed by atoms with van der Waals surface area (Å²) < 4.78 is 1.94. The van der Waals surface area contributed by atoms with Crippen molar-refractivity contribution in [1.29, 1.82) is 0 Å². The number of allylic oxidation sites excluding steroid dienone is 1. The van der Waals surface area contributed by atoms with Crippen LogP contribution in [0.5, 0.6) is 0 Å². The maximum Gasteiger partial charge on any atom is 0.237 e. The molecular weight excluding hydrogens is 363 g/mol. The number of hydrogen-bond donors (Lipinski definition) is 0. The molecule has 126 valence electrons. The van der Waals surface area contributed by atoms with Crippen LogP contribution in [0.2, 0.25) is 0 Å². The fourth-order valence-corrected chi connectivity index (χ4v) is 4.20. The summed E-state index contributed by atoms with van der Waals surface area (Å²) in [5, 5.41) is 0.698. The number of imidazole rings is 1. The van der Waals surface area contributed by atoms with E-state index in [4.69, 9.17) is 23.2 Å². The van der Waals surface area contributed by atoms with Crippen LogP contribution >= 0.6 is 35.0 Å². The Morgan fingerprint density at radius 1 is 1.42 bits per heavy atom. The Bertz CT molecular complexity index is 837. The molecule has 1 aliphatic carbocycles. The van der Waals surface area contributed by atoms with Gasteiger partial charge in [-0.2, -0.15) is 0 Å². The molecule has 0 N–H and O–H groups in total. The molecule has 0 amide bonds. The number of benzene rings is 1. The zero-order chi connectivity index (χ0) is 17.5. The molecule has 3 nitrogen and oxygen atoms in total. The third kappa shape index (κ3) is 3.03. The molecule has 1 saturated carbocycles. The number of para-hydroxylation sites is 2. The zero-order valence-electron chi connectivity index (χ0n) is 13.5. The molecule has 1 aliphatic rings. The molecule has 1 heterocycles. The highest BCUT2D eigenvalue weighted by atomic mass is 35.5. The SMILES string of the molecule is C=CCSc1nc2ccccc2n1C(=O)[C@@H]1[C@H](C=C(Cl)Cl)C1(C)C. The van der Waals surface area contributed by atoms with E-state index in [9.17, 15) is 4.79 Å². The largest absolute Gasteiger partial charge is 0.274 e. The normalized spacial score (nSPS) is 21.5. The van der Waals surface area contributed by atoms with Crippen LogP contribution in [0.1, 0.15) is 18.6 Å². The predicted octanol–water partition coefficient (Wildman–Crippen LogP) is 5.55. The molecule has 2 aromatic rings. The van der Waals surface area contributed by atoms with E-state index in [0.29, 0.717) is 10.9 Å². The predicted molar refractivity (Wildman–Crippen MR) is 102 cm³/mol. The minimum atomic E-state index is -0.169. The van der Waals surface area contributed by atoms with Gasteiger partial charge in [-0.3, -0.25) is 9.36 Å². The Morgan fingerprint density at radius 2 is 2.12 bits per heavy atom. The minimum absolute atomic E-state index is 0.0356. The van der Waals surface area contributed by atoms with Gasteiger partial charge in [0.05, 0.1) is 17.0 Å². The number of nitrogens with zero attached hydrogens (tertiary/aromatic N) is 2. The van der Waals surface area contributed by atoms with E-state index in [1.54, 1.807) is 16.7 Å². The first-order chi connectivity index (χ1) is 11.4. The first kappa shape index (κ1) is 17.6. The highest BCUT2D eigenvalue weighted by molar-refractivity contribution is 7.99. The van der Waals surface area contributed by atoms with Crippen molar-refractivity contribution in [2.45, 2.75) is 19.0 Å². The highest BCUT2D eigenvalue weighted by Gasteiger charge is 2.61. The number of fused-ring (bicyclic) bond motifs is 1. The molecule has 1 aromatic carbocycles. The van der Waals surface area contributed by atoms with Gasteiger partial charge < -0.3 is 0 Å². The lowest BCUT2D eigenvalue weighted by Crippen LogP contribution is -2.17. The molecule has 0 bridgehead atoms. The third-order valence-electron chi connectivity index (χ3n) is 4.56. The summed E-state index contributed by atoms with van der Waals surface area (Å²) >= 11 is 13.1. The van der Waals surface area contributed by atoms with Crippen molar-refractivity contribution in [1.82, 2.24) is 9.55 Å². The van der Waals surface area contributed by atoms with E-state index in [-0.39, 0.29) is 27.6 Å². The standard InChI is InChI=1S/C18H18Cl2N2OS/c1-4-9-24-17-21-12-7-5-6-8-13(12)22(17)16(23)15-11(10-14(19)20)18(15,2)3/h4-8,10-11,15H,1,9H2,2-3H3/t11-,15-/m0/s1. The summed E-state index contributed by atoms with van der Waals surface area (Å²) in [5.74, 6) is 0.608. The fraction of sp³-hybridized carbons (Fsp3) is 0.333. The summed E-state index contributed by atoms with van der Waals surface area (Å²) in [4.78, 5) is 17.8. The van der Waals surface area contributed by atoms with E-state index in [2.05, 4.69) is 25.4 Å². The van der Waals surface area contributed by atoms with E-state index in [1.807, 2.05) is 24.3 Å². The van der Waals surface area contributed by atoms with E-state index in [1.165, 1.54) is 11.8 Å². The molecule has 0 radical (unpaired) electrons. The van der Waals surface area contributed by atoms with Crippen molar-refractivity contribution in [2.75, 3.05) is 5.75 Å². The first-order valence-corrected chi connectivity index (χ1v) is 9.40. The second-order valence-corrected chi connectivity index (χ2v) is 8.43. The molecule has 6 heteroatoms. The topological polar surface area (TPSA) is 34.9 Å². The van der Waals surface area contributed by atoms with Gasteiger partial charge in [0.25, 0.3) is 0 Å². The summed E-state index contributed by atoms with van der Waals surface area (Å²) in [6.45, 7) is 7.86. The van der Waals surface area contributed by atoms with Crippen molar-refractivity contribution < 1.29 is 4.79 Å².